The lowest BCUT2D eigenvalue weighted by Gasteiger charge is -2.25. The molecule has 1 saturated heterocycles. The predicted octanol–water partition coefficient (Wildman–Crippen LogP) is 2.96. The van der Waals surface area contributed by atoms with Crippen molar-refractivity contribution in [2.75, 3.05) is 24.5 Å². The number of hydrogen-bond donors (Lipinski definition) is 1. The topological polar surface area (TPSA) is 32.3 Å². The lowest BCUT2D eigenvalue weighted by Crippen LogP contribution is -2.32. The smallest absolute Gasteiger partial charge is 0.226 e. The maximum absolute atomic E-state index is 13.3. The van der Waals surface area contributed by atoms with Gasteiger partial charge in [-0.3, -0.25) is 4.79 Å². The first-order chi connectivity index (χ1) is 9.70. The Morgan fingerprint density at radius 3 is 2.80 bits per heavy atom. The van der Waals surface area contributed by atoms with Gasteiger partial charge in [-0.25, -0.2) is 4.39 Å². The summed E-state index contributed by atoms with van der Waals surface area (Å²) in [5, 5.41) is 3.33. The molecule has 1 aromatic rings. The van der Waals surface area contributed by atoms with Crippen LogP contribution >= 0.6 is 0 Å². The highest BCUT2D eigenvalue weighted by molar-refractivity contribution is 5.93. The van der Waals surface area contributed by atoms with E-state index in [2.05, 4.69) is 5.32 Å². The van der Waals surface area contributed by atoms with Gasteiger partial charge in [-0.1, -0.05) is 6.07 Å². The molecule has 1 aliphatic heterocycles. The van der Waals surface area contributed by atoms with Crippen molar-refractivity contribution < 1.29 is 9.18 Å². The fraction of sp³-hybridized carbons (Fsp3) is 0.562. The third-order valence-corrected chi connectivity index (χ3v) is 3.96. The van der Waals surface area contributed by atoms with Crippen LogP contribution in [0, 0.1) is 11.7 Å². The van der Waals surface area contributed by atoms with Gasteiger partial charge in [0.05, 0.1) is 0 Å². The molecule has 0 aromatic heterocycles. The largest absolute Gasteiger partial charge is 0.317 e. The van der Waals surface area contributed by atoms with Gasteiger partial charge in [-0.15, -0.1) is 0 Å². The summed E-state index contributed by atoms with van der Waals surface area (Å²) in [5.74, 6) is 0.440. The molecule has 0 radical (unpaired) electrons. The molecular formula is C16H23FN2O. The van der Waals surface area contributed by atoms with E-state index >= 15 is 0 Å². The first kappa shape index (κ1) is 15.0. The van der Waals surface area contributed by atoms with Crippen molar-refractivity contribution in [3.05, 3.63) is 30.1 Å². The Bertz CT molecular complexity index is 444. The quantitative estimate of drug-likeness (QED) is 0.898. The highest BCUT2D eigenvalue weighted by atomic mass is 19.1. The van der Waals surface area contributed by atoms with Crippen molar-refractivity contribution in [1.82, 2.24) is 5.32 Å². The molecule has 1 amide bonds. The Kier molecular flexibility index (Phi) is 5.53. The molecule has 110 valence electrons. The molecule has 1 fully saturated rings. The summed E-state index contributed by atoms with van der Waals surface area (Å²) < 4.78 is 13.3. The summed E-state index contributed by atoms with van der Waals surface area (Å²) in [4.78, 5) is 14.0. The highest BCUT2D eigenvalue weighted by Gasteiger charge is 2.18. The zero-order chi connectivity index (χ0) is 14.4. The van der Waals surface area contributed by atoms with Gasteiger partial charge in [0.25, 0.3) is 0 Å². The van der Waals surface area contributed by atoms with Crippen LogP contribution in [0.2, 0.25) is 0 Å². The standard InChI is InChI=1S/C16H23FN2O/c1-2-19(15-5-3-4-14(17)12-15)16(20)7-6-13-8-10-18-11-9-13/h3-5,12-13,18H,2,6-11H2,1H3. The van der Waals surface area contributed by atoms with E-state index in [9.17, 15) is 9.18 Å². The third kappa shape index (κ3) is 4.04. The van der Waals surface area contributed by atoms with Crippen LogP contribution in [0.4, 0.5) is 10.1 Å². The summed E-state index contributed by atoms with van der Waals surface area (Å²) >= 11 is 0. The van der Waals surface area contributed by atoms with E-state index in [1.165, 1.54) is 12.1 Å². The minimum absolute atomic E-state index is 0.0941. The highest BCUT2D eigenvalue weighted by Crippen LogP contribution is 2.21. The van der Waals surface area contributed by atoms with Crippen LogP contribution in [0.15, 0.2) is 24.3 Å². The molecule has 1 N–H and O–H groups in total. The SMILES string of the molecule is CCN(C(=O)CCC1CCNCC1)c1cccc(F)c1. The van der Waals surface area contributed by atoms with Crippen molar-refractivity contribution in [2.24, 2.45) is 5.92 Å². The van der Waals surface area contributed by atoms with Gasteiger partial charge in [0.15, 0.2) is 0 Å². The number of rotatable bonds is 5. The van der Waals surface area contributed by atoms with Crippen molar-refractivity contribution in [3.8, 4) is 0 Å². The molecule has 0 saturated carbocycles. The van der Waals surface area contributed by atoms with E-state index in [0.29, 0.717) is 24.6 Å². The molecule has 0 spiro atoms. The van der Waals surface area contributed by atoms with E-state index in [-0.39, 0.29) is 11.7 Å². The first-order valence-electron chi connectivity index (χ1n) is 7.47. The fourth-order valence-corrected chi connectivity index (χ4v) is 2.78. The second-order valence-corrected chi connectivity index (χ2v) is 5.35. The van der Waals surface area contributed by atoms with Gasteiger partial charge in [0.1, 0.15) is 5.82 Å². The minimum atomic E-state index is -0.299. The zero-order valence-corrected chi connectivity index (χ0v) is 12.1. The number of benzene rings is 1. The van der Waals surface area contributed by atoms with Gasteiger partial charge in [0, 0.05) is 18.7 Å². The second-order valence-electron chi connectivity index (χ2n) is 5.35. The van der Waals surface area contributed by atoms with Gasteiger partial charge < -0.3 is 10.2 Å². The van der Waals surface area contributed by atoms with E-state index < -0.39 is 0 Å². The average molecular weight is 278 g/mol. The number of carbonyl (C=O) groups is 1. The summed E-state index contributed by atoms with van der Waals surface area (Å²) in [7, 11) is 0. The van der Waals surface area contributed by atoms with Crippen LogP contribution in [0.5, 0.6) is 0 Å². The summed E-state index contributed by atoms with van der Waals surface area (Å²) in [6.45, 7) is 4.61. The minimum Gasteiger partial charge on any atom is -0.317 e. The van der Waals surface area contributed by atoms with Crippen molar-refractivity contribution >= 4 is 11.6 Å². The molecule has 2 rings (SSSR count). The Morgan fingerprint density at radius 1 is 1.40 bits per heavy atom. The monoisotopic (exact) mass is 278 g/mol. The fourth-order valence-electron chi connectivity index (χ4n) is 2.78. The van der Waals surface area contributed by atoms with Crippen LogP contribution in [0.25, 0.3) is 0 Å². The molecule has 1 aliphatic rings. The Balaban J connectivity index is 1.91. The number of piperidine rings is 1. The van der Waals surface area contributed by atoms with Gasteiger partial charge >= 0.3 is 0 Å². The lowest BCUT2D eigenvalue weighted by molar-refractivity contribution is -0.118. The van der Waals surface area contributed by atoms with Crippen LogP contribution in [-0.2, 0) is 4.79 Å². The molecule has 0 unspecified atom stereocenters. The Labute approximate surface area is 120 Å². The summed E-state index contributed by atoms with van der Waals surface area (Å²) in [6, 6.07) is 6.26. The lowest BCUT2D eigenvalue weighted by atomic mass is 9.93. The van der Waals surface area contributed by atoms with Crippen molar-refractivity contribution in [1.29, 1.82) is 0 Å². The van der Waals surface area contributed by atoms with E-state index in [1.807, 2.05) is 6.92 Å². The molecule has 0 aliphatic carbocycles. The van der Waals surface area contributed by atoms with Gasteiger partial charge in [-0.05, 0) is 63.4 Å². The number of nitrogens with one attached hydrogen (secondary N) is 1. The van der Waals surface area contributed by atoms with E-state index in [4.69, 9.17) is 0 Å². The van der Waals surface area contributed by atoms with Crippen LogP contribution in [-0.4, -0.2) is 25.5 Å². The average Bonchev–Trinajstić information content (AvgIpc) is 2.47. The maximum Gasteiger partial charge on any atom is 0.226 e. The molecule has 0 bridgehead atoms. The van der Waals surface area contributed by atoms with Gasteiger partial charge in [0.2, 0.25) is 5.91 Å². The third-order valence-electron chi connectivity index (χ3n) is 3.96. The number of carbonyl (C=O) groups excluding carboxylic acids is 1. The Morgan fingerprint density at radius 2 is 2.15 bits per heavy atom. The van der Waals surface area contributed by atoms with Crippen molar-refractivity contribution in [3.63, 3.8) is 0 Å². The van der Waals surface area contributed by atoms with Gasteiger partial charge in [-0.2, -0.15) is 0 Å². The number of halogens is 1. The number of amides is 1. The molecule has 1 heterocycles. The molecule has 4 heteroatoms. The van der Waals surface area contributed by atoms with Crippen LogP contribution in [0.1, 0.15) is 32.6 Å². The maximum atomic E-state index is 13.3. The van der Waals surface area contributed by atoms with Crippen LogP contribution in [0.3, 0.4) is 0 Å². The van der Waals surface area contributed by atoms with Crippen LogP contribution < -0.4 is 10.2 Å². The Hall–Kier alpha value is -1.42. The van der Waals surface area contributed by atoms with E-state index in [1.54, 1.807) is 17.0 Å². The van der Waals surface area contributed by atoms with Crippen molar-refractivity contribution in [2.45, 2.75) is 32.6 Å². The summed E-state index contributed by atoms with van der Waals surface area (Å²) in [6.07, 6.45) is 3.79. The van der Waals surface area contributed by atoms with E-state index in [0.717, 1.165) is 32.4 Å². The molecule has 0 atom stereocenters. The molecule has 3 nitrogen and oxygen atoms in total. The molecular weight excluding hydrogens is 255 g/mol. The summed E-state index contributed by atoms with van der Waals surface area (Å²) in [5.41, 5.74) is 0.655. The predicted molar refractivity (Wildman–Crippen MR) is 79.3 cm³/mol. The first-order valence-corrected chi connectivity index (χ1v) is 7.47. The number of hydrogen-bond acceptors (Lipinski definition) is 2. The molecule has 20 heavy (non-hydrogen) atoms. The number of nitrogens with zero attached hydrogens (tertiary/aromatic N) is 1. The normalized spacial score (nSPS) is 16.1. The number of anilines is 1. The molecule has 1 aromatic carbocycles. The second kappa shape index (κ2) is 7.39. The zero-order valence-electron chi connectivity index (χ0n) is 12.1.